The minimum Gasteiger partial charge on any atom is -0.496 e. The number of hydrogen-bond donors (Lipinski definition) is 0. The molecule has 0 aromatic heterocycles. The molecule has 0 saturated heterocycles. The number of carbonyl (C=O) groups excluding carboxylic acids is 2. The van der Waals surface area contributed by atoms with Crippen LogP contribution < -0.4 is 9.64 Å². The van der Waals surface area contributed by atoms with E-state index in [4.69, 9.17) is 55.9 Å². The molecule has 170 valence electrons. The van der Waals surface area contributed by atoms with Gasteiger partial charge in [0.05, 0.1) is 32.0 Å². The van der Waals surface area contributed by atoms with Crippen LogP contribution in [0, 0.1) is 0 Å². The minimum absolute atomic E-state index is 0.163. The number of nitrogens with zero attached hydrogens (tertiary/aromatic N) is 1. The Morgan fingerprint density at radius 2 is 1.64 bits per heavy atom. The maximum Gasteiger partial charge on any atom is 0.337 e. The first kappa shape index (κ1) is 23.7. The Morgan fingerprint density at radius 1 is 0.939 bits per heavy atom. The van der Waals surface area contributed by atoms with Crippen molar-refractivity contribution in [1.29, 1.82) is 0 Å². The van der Waals surface area contributed by atoms with Crippen LogP contribution in [0.2, 0.25) is 15.1 Å². The third kappa shape index (κ3) is 4.04. The number of fused-ring (bicyclic) bond motifs is 1. The van der Waals surface area contributed by atoms with Crippen molar-refractivity contribution in [3.63, 3.8) is 0 Å². The fraction of sp³-hybridized carbons (Fsp3) is 0.167. The SMILES string of the molecule is COC(=O)c1ccc(Cl)c(C2(Cl)C(=O)N(Cc3ccc(Cl)cc3OC)c3ccc(Cl)cc32)c1. The number of carbonyl (C=O) groups is 2. The van der Waals surface area contributed by atoms with Crippen molar-refractivity contribution in [3.05, 3.63) is 91.9 Å². The van der Waals surface area contributed by atoms with Crippen molar-refractivity contribution in [2.45, 2.75) is 11.4 Å². The van der Waals surface area contributed by atoms with E-state index in [1.165, 1.54) is 37.3 Å². The second-order valence-electron chi connectivity index (χ2n) is 7.35. The van der Waals surface area contributed by atoms with Crippen molar-refractivity contribution in [3.8, 4) is 5.75 Å². The molecule has 0 N–H and O–H groups in total. The molecule has 0 bridgehead atoms. The highest BCUT2D eigenvalue weighted by Gasteiger charge is 2.52. The summed E-state index contributed by atoms with van der Waals surface area (Å²) in [5.41, 5.74) is 2.22. The van der Waals surface area contributed by atoms with Crippen molar-refractivity contribution in [2.24, 2.45) is 0 Å². The monoisotopic (exact) mass is 523 g/mol. The van der Waals surface area contributed by atoms with Crippen LogP contribution in [0.15, 0.2) is 54.6 Å². The lowest BCUT2D eigenvalue weighted by Crippen LogP contribution is -2.37. The highest BCUT2D eigenvalue weighted by atomic mass is 35.5. The van der Waals surface area contributed by atoms with Crippen LogP contribution >= 0.6 is 46.4 Å². The van der Waals surface area contributed by atoms with E-state index in [0.717, 1.165) is 5.56 Å². The fourth-order valence-electron chi connectivity index (χ4n) is 3.90. The maximum absolute atomic E-state index is 13.9. The Bertz CT molecular complexity index is 1280. The molecule has 3 aromatic carbocycles. The normalized spacial score (nSPS) is 17.2. The number of ether oxygens (including phenoxy) is 2. The van der Waals surface area contributed by atoms with Crippen molar-refractivity contribution in [1.82, 2.24) is 0 Å². The van der Waals surface area contributed by atoms with Gasteiger partial charge < -0.3 is 14.4 Å². The molecular weight excluding hydrogens is 508 g/mol. The van der Waals surface area contributed by atoms with E-state index < -0.39 is 16.8 Å². The Morgan fingerprint density at radius 3 is 2.33 bits per heavy atom. The zero-order valence-corrected chi connectivity index (χ0v) is 20.5. The second-order valence-corrected chi connectivity index (χ2v) is 9.20. The summed E-state index contributed by atoms with van der Waals surface area (Å²) in [6.07, 6.45) is 0. The van der Waals surface area contributed by atoms with E-state index >= 15 is 0 Å². The predicted molar refractivity (Wildman–Crippen MR) is 130 cm³/mol. The highest BCUT2D eigenvalue weighted by molar-refractivity contribution is 6.44. The van der Waals surface area contributed by atoms with Crippen LogP contribution in [0.1, 0.15) is 27.0 Å². The lowest BCUT2D eigenvalue weighted by atomic mass is 9.90. The van der Waals surface area contributed by atoms with Gasteiger partial charge in [-0.25, -0.2) is 4.79 Å². The molecule has 1 heterocycles. The summed E-state index contributed by atoms with van der Waals surface area (Å²) in [6.45, 7) is 0.163. The number of methoxy groups -OCH3 is 2. The van der Waals surface area contributed by atoms with E-state index in [9.17, 15) is 9.59 Å². The molecule has 0 spiro atoms. The van der Waals surface area contributed by atoms with Crippen LogP contribution in [0.3, 0.4) is 0 Å². The standard InChI is InChI=1S/C24H17Cl4NO4/c1-32-21-11-16(26)5-3-14(21)12-29-20-8-6-15(25)10-18(20)24(28,23(29)31)17-9-13(22(30)33-2)4-7-19(17)27/h3-11H,12H2,1-2H3. The van der Waals surface area contributed by atoms with Gasteiger partial charge >= 0.3 is 5.97 Å². The molecule has 0 radical (unpaired) electrons. The topological polar surface area (TPSA) is 55.8 Å². The lowest BCUT2D eigenvalue weighted by Gasteiger charge is -2.25. The van der Waals surface area contributed by atoms with Crippen molar-refractivity contribution in [2.75, 3.05) is 19.1 Å². The van der Waals surface area contributed by atoms with Crippen LogP contribution in [0.4, 0.5) is 5.69 Å². The second kappa shape index (κ2) is 9.07. The summed E-state index contributed by atoms with van der Waals surface area (Å²) in [7, 11) is 2.79. The first-order valence-corrected chi connectivity index (χ1v) is 11.2. The summed E-state index contributed by atoms with van der Waals surface area (Å²) in [6, 6.07) is 14.7. The van der Waals surface area contributed by atoms with E-state index in [1.54, 1.807) is 36.4 Å². The summed E-state index contributed by atoms with van der Waals surface area (Å²) in [4.78, 5) is 25.8. The van der Waals surface area contributed by atoms with Gasteiger partial charge in [-0.1, -0.05) is 52.5 Å². The first-order valence-electron chi connectivity index (χ1n) is 9.72. The summed E-state index contributed by atoms with van der Waals surface area (Å²) in [5, 5.41) is 1.13. The summed E-state index contributed by atoms with van der Waals surface area (Å²) in [5.74, 6) is -0.487. The quantitative estimate of drug-likeness (QED) is 0.283. The molecule has 1 unspecified atom stereocenters. The minimum atomic E-state index is -1.71. The number of rotatable bonds is 5. The van der Waals surface area contributed by atoms with Gasteiger partial charge in [-0.05, 0) is 48.5 Å². The average Bonchev–Trinajstić information content (AvgIpc) is 3.01. The van der Waals surface area contributed by atoms with Crippen LogP contribution in [-0.4, -0.2) is 26.1 Å². The molecule has 1 aliphatic heterocycles. The summed E-state index contributed by atoms with van der Waals surface area (Å²) >= 11 is 25.9. The Kier molecular flexibility index (Phi) is 6.52. The van der Waals surface area contributed by atoms with Gasteiger partial charge in [0.2, 0.25) is 0 Å². The Hall–Kier alpha value is -2.44. The number of esters is 1. The van der Waals surface area contributed by atoms with E-state index in [2.05, 4.69) is 0 Å². The van der Waals surface area contributed by atoms with E-state index in [-0.39, 0.29) is 22.7 Å². The third-order valence-corrected chi connectivity index (χ3v) is 6.87. The van der Waals surface area contributed by atoms with E-state index in [1.807, 2.05) is 0 Å². The van der Waals surface area contributed by atoms with Gasteiger partial charge in [0.1, 0.15) is 5.75 Å². The number of amides is 1. The maximum atomic E-state index is 13.9. The highest BCUT2D eigenvalue weighted by Crippen LogP contribution is 2.52. The number of alkyl halides is 1. The zero-order valence-electron chi connectivity index (χ0n) is 17.5. The molecule has 5 nitrogen and oxygen atoms in total. The average molecular weight is 525 g/mol. The molecule has 0 saturated carbocycles. The molecule has 4 rings (SSSR count). The summed E-state index contributed by atoms with van der Waals surface area (Å²) < 4.78 is 10.3. The molecule has 1 amide bonds. The number of hydrogen-bond acceptors (Lipinski definition) is 4. The van der Waals surface area contributed by atoms with Crippen LogP contribution in [0.25, 0.3) is 0 Å². The van der Waals surface area contributed by atoms with Crippen molar-refractivity contribution >= 4 is 64.0 Å². The zero-order chi connectivity index (χ0) is 23.9. The van der Waals surface area contributed by atoms with E-state index in [0.29, 0.717) is 27.0 Å². The predicted octanol–water partition coefficient (Wildman–Crippen LogP) is 6.47. The molecule has 1 aliphatic rings. The lowest BCUT2D eigenvalue weighted by molar-refractivity contribution is -0.119. The first-order chi connectivity index (χ1) is 15.7. The molecule has 1 atom stereocenters. The van der Waals surface area contributed by atoms with Gasteiger partial charge in [0.15, 0.2) is 4.87 Å². The third-order valence-electron chi connectivity index (χ3n) is 5.50. The fourth-order valence-corrected chi connectivity index (χ4v) is 4.95. The largest absolute Gasteiger partial charge is 0.496 e. The van der Waals surface area contributed by atoms with Gasteiger partial charge in [0.25, 0.3) is 5.91 Å². The van der Waals surface area contributed by atoms with Gasteiger partial charge in [-0.3, -0.25) is 4.79 Å². The van der Waals surface area contributed by atoms with Crippen LogP contribution in [-0.2, 0) is 21.0 Å². The molecule has 0 aliphatic carbocycles. The molecular formula is C24H17Cl4NO4. The Labute approximate surface area is 210 Å². The smallest absolute Gasteiger partial charge is 0.337 e. The Balaban J connectivity index is 1.88. The molecule has 33 heavy (non-hydrogen) atoms. The molecule has 0 fully saturated rings. The molecule has 9 heteroatoms. The molecule has 3 aromatic rings. The van der Waals surface area contributed by atoms with Crippen LogP contribution in [0.5, 0.6) is 5.75 Å². The number of benzene rings is 3. The van der Waals surface area contributed by atoms with Gasteiger partial charge in [-0.2, -0.15) is 0 Å². The number of anilines is 1. The van der Waals surface area contributed by atoms with Gasteiger partial charge in [-0.15, -0.1) is 0 Å². The van der Waals surface area contributed by atoms with Gasteiger partial charge in [0, 0.05) is 31.8 Å². The number of halogens is 4. The van der Waals surface area contributed by atoms with Crippen molar-refractivity contribution < 1.29 is 19.1 Å².